The van der Waals surface area contributed by atoms with Gasteiger partial charge >= 0.3 is 6.09 Å². The highest BCUT2D eigenvalue weighted by Gasteiger charge is 2.18. The van der Waals surface area contributed by atoms with Crippen LogP contribution in [0.5, 0.6) is 0 Å². The molecule has 0 aliphatic carbocycles. The first kappa shape index (κ1) is 12.2. The number of aliphatic hydroxyl groups is 2. The summed E-state index contributed by atoms with van der Waals surface area (Å²) in [5.74, 6) is 0. The molecule has 0 rings (SSSR count). The Bertz CT molecular complexity index is 160. The molecule has 13 heavy (non-hydrogen) atoms. The van der Waals surface area contributed by atoms with Gasteiger partial charge < -0.3 is 20.3 Å². The van der Waals surface area contributed by atoms with Crippen molar-refractivity contribution in [3.8, 4) is 0 Å². The van der Waals surface area contributed by atoms with Gasteiger partial charge in [-0.2, -0.15) is 0 Å². The van der Waals surface area contributed by atoms with Crippen LogP contribution in [0.1, 0.15) is 20.8 Å². The minimum Gasteiger partial charge on any atom is -0.444 e. The molecule has 3 N–H and O–H groups in total. The summed E-state index contributed by atoms with van der Waals surface area (Å²) in [6.45, 7) is 4.59. The maximum absolute atomic E-state index is 11.0. The van der Waals surface area contributed by atoms with Gasteiger partial charge in [0.2, 0.25) is 0 Å². The lowest BCUT2D eigenvalue weighted by atomic mass is 10.2. The Balaban J connectivity index is 3.86. The van der Waals surface area contributed by atoms with Crippen LogP contribution in [-0.4, -0.2) is 41.2 Å². The molecule has 5 nitrogen and oxygen atoms in total. The predicted molar refractivity (Wildman–Crippen MR) is 47.3 cm³/mol. The number of carbonyl (C=O) groups is 1. The van der Waals surface area contributed by atoms with Crippen molar-refractivity contribution in [2.45, 2.75) is 32.4 Å². The van der Waals surface area contributed by atoms with E-state index in [4.69, 9.17) is 14.9 Å². The van der Waals surface area contributed by atoms with Gasteiger partial charge in [-0.25, -0.2) is 4.79 Å². The molecule has 0 aliphatic rings. The molecule has 78 valence electrons. The van der Waals surface area contributed by atoms with E-state index in [0.717, 1.165) is 0 Å². The van der Waals surface area contributed by atoms with Crippen molar-refractivity contribution >= 4 is 6.09 Å². The Kier molecular flexibility index (Phi) is 4.72. The first-order valence-corrected chi connectivity index (χ1v) is 4.10. The van der Waals surface area contributed by atoms with Crippen molar-refractivity contribution in [1.29, 1.82) is 0 Å². The monoisotopic (exact) mass is 191 g/mol. The Morgan fingerprint density at radius 1 is 1.38 bits per heavy atom. The van der Waals surface area contributed by atoms with Crippen molar-refractivity contribution in [3.63, 3.8) is 0 Å². The third-order valence-electron chi connectivity index (χ3n) is 1.16. The lowest BCUT2D eigenvalue weighted by Gasteiger charge is -2.21. The Morgan fingerprint density at radius 2 is 1.85 bits per heavy atom. The Morgan fingerprint density at radius 3 is 2.15 bits per heavy atom. The van der Waals surface area contributed by atoms with Gasteiger partial charge in [-0.05, 0) is 20.8 Å². The van der Waals surface area contributed by atoms with Crippen LogP contribution in [0.15, 0.2) is 0 Å². The number of hydrogen-bond acceptors (Lipinski definition) is 4. The number of hydrogen-bond donors (Lipinski definition) is 3. The Hall–Kier alpha value is -0.810. The fraction of sp³-hybridized carbons (Fsp3) is 0.875. The van der Waals surface area contributed by atoms with Crippen LogP contribution in [0.4, 0.5) is 4.79 Å². The standard InChI is InChI=1S/C8H17NO4/c1-8(2,3)13-7(12)9-6(4-10)5-11/h6,10-11H,4-5H2,1-3H3,(H,9,12). The maximum atomic E-state index is 11.0. The molecular weight excluding hydrogens is 174 g/mol. The summed E-state index contributed by atoms with van der Waals surface area (Å²) in [4.78, 5) is 11.0. The highest BCUT2D eigenvalue weighted by molar-refractivity contribution is 5.68. The van der Waals surface area contributed by atoms with Crippen molar-refractivity contribution in [1.82, 2.24) is 5.32 Å². The van der Waals surface area contributed by atoms with Gasteiger partial charge in [0.15, 0.2) is 0 Å². The molecule has 1 amide bonds. The molecule has 0 atom stereocenters. The van der Waals surface area contributed by atoms with Crippen LogP contribution >= 0.6 is 0 Å². The van der Waals surface area contributed by atoms with E-state index in [1.54, 1.807) is 20.8 Å². The third kappa shape index (κ3) is 6.36. The summed E-state index contributed by atoms with van der Waals surface area (Å²) < 4.78 is 4.90. The fourth-order valence-corrected chi connectivity index (χ4v) is 0.623. The second-order valence-electron chi connectivity index (χ2n) is 3.71. The summed E-state index contributed by atoms with van der Waals surface area (Å²) in [7, 11) is 0. The van der Waals surface area contributed by atoms with Gasteiger partial charge in [0.05, 0.1) is 19.3 Å². The molecule has 0 bridgehead atoms. The molecule has 0 aliphatic heterocycles. The zero-order valence-corrected chi connectivity index (χ0v) is 8.20. The second-order valence-corrected chi connectivity index (χ2v) is 3.71. The highest BCUT2D eigenvalue weighted by Crippen LogP contribution is 2.06. The molecular formula is C8H17NO4. The number of nitrogens with one attached hydrogen (secondary N) is 1. The molecule has 0 heterocycles. The SMILES string of the molecule is CC(C)(C)OC(=O)NC(CO)CO. The largest absolute Gasteiger partial charge is 0.444 e. The fourth-order valence-electron chi connectivity index (χ4n) is 0.623. The van der Waals surface area contributed by atoms with E-state index < -0.39 is 17.7 Å². The molecule has 0 spiro atoms. The van der Waals surface area contributed by atoms with Crippen LogP contribution in [0.2, 0.25) is 0 Å². The van der Waals surface area contributed by atoms with E-state index in [9.17, 15) is 4.79 Å². The smallest absolute Gasteiger partial charge is 0.408 e. The number of carbonyl (C=O) groups excluding carboxylic acids is 1. The molecule has 0 aromatic heterocycles. The first-order chi connectivity index (χ1) is 5.89. The first-order valence-electron chi connectivity index (χ1n) is 4.10. The van der Waals surface area contributed by atoms with Crippen molar-refractivity contribution < 1.29 is 19.7 Å². The van der Waals surface area contributed by atoms with E-state index in [2.05, 4.69) is 5.32 Å². The van der Waals surface area contributed by atoms with Crippen LogP contribution in [0, 0.1) is 0 Å². The van der Waals surface area contributed by atoms with E-state index in [1.807, 2.05) is 0 Å². The topological polar surface area (TPSA) is 78.8 Å². The second kappa shape index (κ2) is 5.04. The minimum atomic E-state index is -0.658. The molecule has 0 saturated heterocycles. The van der Waals surface area contributed by atoms with Crippen LogP contribution in [0.25, 0.3) is 0 Å². The lowest BCUT2D eigenvalue weighted by Crippen LogP contribution is -2.42. The number of amides is 1. The van der Waals surface area contributed by atoms with Gasteiger partial charge in [-0.1, -0.05) is 0 Å². The quantitative estimate of drug-likeness (QED) is 0.580. The average molecular weight is 191 g/mol. The van der Waals surface area contributed by atoms with Crippen molar-refractivity contribution in [2.24, 2.45) is 0 Å². The van der Waals surface area contributed by atoms with E-state index in [-0.39, 0.29) is 13.2 Å². The predicted octanol–water partition coefficient (Wildman–Crippen LogP) is -0.136. The zero-order chi connectivity index (χ0) is 10.5. The van der Waals surface area contributed by atoms with E-state index in [1.165, 1.54) is 0 Å². The van der Waals surface area contributed by atoms with Crippen LogP contribution in [-0.2, 0) is 4.74 Å². The minimum absolute atomic E-state index is 0.310. The number of rotatable bonds is 3. The van der Waals surface area contributed by atoms with Gasteiger partial charge in [-0.15, -0.1) is 0 Å². The summed E-state index contributed by atoms with van der Waals surface area (Å²) in [5.41, 5.74) is -0.570. The van der Waals surface area contributed by atoms with Crippen LogP contribution < -0.4 is 5.32 Å². The van der Waals surface area contributed by atoms with Crippen molar-refractivity contribution in [3.05, 3.63) is 0 Å². The van der Waals surface area contributed by atoms with Gasteiger partial charge in [0.1, 0.15) is 5.60 Å². The summed E-state index contributed by atoms with van der Waals surface area (Å²) in [5, 5.41) is 19.6. The highest BCUT2D eigenvalue weighted by atomic mass is 16.6. The zero-order valence-electron chi connectivity index (χ0n) is 8.20. The van der Waals surface area contributed by atoms with Gasteiger partial charge in [0, 0.05) is 0 Å². The third-order valence-corrected chi connectivity index (χ3v) is 1.16. The maximum Gasteiger partial charge on any atom is 0.408 e. The van der Waals surface area contributed by atoms with Gasteiger partial charge in [-0.3, -0.25) is 0 Å². The molecule has 0 aromatic rings. The lowest BCUT2D eigenvalue weighted by molar-refractivity contribution is 0.0450. The molecule has 0 radical (unpaired) electrons. The summed E-state index contributed by atoms with van der Waals surface area (Å²) in [6, 6.07) is -0.658. The van der Waals surface area contributed by atoms with E-state index >= 15 is 0 Å². The van der Waals surface area contributed by atoms with E-state index in [0.29, 0.717) is 0 Å². The molecule has 0 saturated carbocycles. The molecule has 5 heteroatoms. The molecule has 0 fully saturated rings. The Labute approximate surface area is 77.7 Å². The number of aliphatic hydroxyl groups excluding tert-OH is 2. The van der Waals surface area contributed by atoms with Gasteiger partial charge in [0.25, 0.3) is 0 Å². The summed E-state index contributed by atoms with van der Waals surface area (Å²) in [6.07, 6.45) is -0.638. The van der Waals surface area contributed by atoms with Crippen LogP contribution in [0.3, 0.4) is 0 Å². The number of ether oxygens (including phenoxy) is 1. The molecule has 0 unspecified atom stereocenters. The summed E-state index contributed by atoms with van der Waals surface area (Å²) >= 11 is 0. The normalized spacial score (nSPS) is 11.5. The average Bonchev–Trinajstić information content (AvgIpc) is 1.96. The van der Waals surface area contributed by atoms with Crippen molar-refractivity contribution in [2.75, 3.05) is 13.2 Å². The molecule has 0 aromatic carbocycles. The number of alkyl carbamates (subject to hydrolysis) is 1.